The summed E-state index contributed by atoms with van der Waals surface area (Å²) in [4.78, 5) is 0. The molecule has 0 aromatic heterocycles. The third kappa shape index (κ3) is 1.31. The Kier molecular flexibility index (Phi) is 2.12. The lowest BCUT2D eigenvalue weighted by molar-refractivity contribution is -0.291. The number of aliphatic hydroxyl groups is 1. The van der Waals surface area contributed by atoms with Crippen molar-refractivity contribution in [2.75, 3.05) is 0 Å². The average Bonchev–Trinajstić information content (AvgIpc) is 2.06. The van der Waals surface area contributed by atoms with E-state index < -0.39 is 24.0 Å². The Morgan fingerprint density at radius 3 is 2.17 bits per heavy atom. The first-order chi connectivity index (χ1) is 5.27. The van der Waals surface area contributed by atoms with E-state index in [1.165, 1.54) is 6.92 Å². The Morgan fingerprint density at radius 2 is 2.00 bits per heavy atom. The molecular formula is C7H11F3O2. The monoisotopic (exact) mass is 184 g/mol. The molecule has 1 fully saturated rings. The molecule has 0 bridgehead atoms. The van der Waals surface area contributed by atoms with E-state index in [4.69, 9.17) is 5.11 Å². The molecule has 0 aromatic rings. The van der Waals surface area contributed by atoms with Gasteiger partial charge in [-0.25, -0.2) is 0 Å². The second kappa shape index (κ2) is 2.60. The summed E-state index contributed by atoms with van der Waals surface area (Å²) in [5, 5.41) is 8.88. The molecule has 1 saturated heterocycles. The summed E-state index contributed by atoms with van der Waals surface area (Å²) in [6, 6.07) is 0. The van der Waals surface area contributed by atoms with E-state index in [0.29, 0.717) is 0 Å². The first-order valence-corrected chi connectivity index (χ1v) is 3.70. The number of halogens is 3. The van der Waals surface area contributed by atoms with Gasteiger partial charge in [-0.15, -0.1) is 0 Å². The molecule has 0 saturated carbocycles. The maximum absolute atomic E-state index is 12.3. The largest absolute Gasteiger partial charge is 0.417 e. The molecule has 72 valence electrons. The van der Waals surface area contributed by atoms with Crippen LogP contribution in [-0.4, -0.2) is 23.2 Å². The Balaban J connectivity index is 2.85. The highest BCUT2D eigenvalue weighted by atomic mass is 19.4. The number of ether oxygens (including phenoxy) is 1. The van der Waals surface area contributed by atoms with Gasteiger partial charge in [0.2, 0.25) is 0 Å². The van der Waals surface area contributed by atoms with Crippen LogP contribution in [0.2, 0.25) is 0 Å². The average molecular weight is 184 g/mol. The van der Waals surface area contributed by atoms with Gasteiger partial charge in [0, 0.05) is 6.42 Å². The number of rotatable bonds is 0. The highest BCUT2D eigenvalue weighted by Crippen LogP contribution is 2.46. The van der Waals surface area contributed by atoms with E-state index in [0.717, 1.165) is 6.92 Å². The van der Waals surface area contributed by atoms with Crippen LogP contribution in [0.4, 0.5) is 13.2 Å². The minimum atomic E-state index is -4.41. The van der Waals surface area contributed by atoms with Crippen LogP contribution >= 0.6 is 0 Å². The molecule has 0 radical (unpaired) electrons. The van der Waals surface area contributed by atoms with E-state index in [1.807, 2.05) is 0 Å². The standard InChI is InChI=1S/C7H11F3O2/c1-4-3-5(11)12-6(4,2)7(8,9)10/h4-5,11H,3H2,1-2H3/t4-,5?,6+/m0/s1. The van der Waals surface area contributed by atoms with E-state index in [-0.39, 0.29) is 6.42 Å². The molecule has 0 aliphatic carbocycles. The van der Waals surface area contributed by atoms with Crippen molar-refractivity contribution in [1.29, 1.82) is 0 Å². The summed E-state index contributed by atoms with van der Waals surface area (Å²) in [5.74, 6) is -0.701. The van der Waals surface area contributed by atoms with Crippen LogP contribution < -0.4 is 0 Å². The molecular weight excluding hydrogens is 173 g/mol. The maximum Gasteiger partial charge on any atom is 0.417 e. The zero-order valence-electron chi connectivity index (χ0n) is 6.85. The van der Waals surface area contributed by atoms with E-state index in [9.17, 15) is 13.2 Å². The van der Waals surface area contributed by atoms with Crippen molar-refractivity contribution in [2.45, 2.75) is 38.3 Å². The number of hydrogen-bond acceptors (Lipinski definition) is 2. The van der Waals surface area contributed by atoms with Gasteiger partial charge in [-0.05, 0) is 12.8 Å². The minimum Gasteiger partial charge on any atom is -0.368 e. The van der Waals surface area contributed by atoms with Gasteiger partial charge in [0.05, 0.1) is 0 Å². The van der Waals surface area contributed by atoms with Crippen LogP contribution in [0, 0.1) is 5.92 Å². The molecule has 0 amide bonds. The summed E-state index contributed by atoms with van der Waals surface area (Å²) in [7, 11) is 0. The lowest BCUT2D eigenvalue weighted by atomic mass is 9.90. The topological polar surface area (TPSA) is 29.5 Å². The van der Waals surface area contributed by atoms with Crippen LogP contribution in [0.25, 0.3) is 0 Å². The van der Waals surface area contributed by atoms with E-state index >= 15 is 0 Å². The second-order valence-corrected chi connectivity index (χ2v) is 3.31. The van der Waals surface area contributed by atoms with Crippen LogP contribution in [0.5, 0.6) is 0 Å². The predicted molar refractivity (Wildman–Crippen MR) is 35.3 cm³/mol. The first-order valence-electron chi connectivity index (χ1n) is 3.70. The number of aliphatic hydroxyl groups excluding tert-OH is 1. The Bertz CT molecular complexity index is 180. The summed E-state index contributed by atoms with van der Waals surface area (Å²) in [6.07, 6.45) is -5.66. The van der Waals surface area contributed by atoms with Crippen molar-refractivity contribution in [3.63, 3.8) is 0 Å². The molecule has 1 heterocycles. The fourth-order valence-electron chi connectivity index (χ4n) is 1.32. The summed E-state index contributed by atoms with van der Waals surface area (Å²) in [5.41, 5.74) is -2.19. The molecule has 1 aliphatic heterocycles. The molecule has 0 aromatic carbocycles. The molecule has 5 heteroatoms. The van der Waals surface area contributed by atoms with Crippen LogP contribution in [0.15, 0.2) is 0 Å². The zero-order chi connectivity index (χ0) is 9.57. The van der Waals surface area contributed by atoms with Gasteiger partial charge in [0.1, 0.15) is 0 Å². The van der Waals surface area contributed by atoms with Gasteiger partial charge in [0.25, 0.3) is 0 Å². The highest BCUT2D eigenvalue weighted by molar-refractivity contribution is 4.93. The van der Waals surface area contributed by atoms with Crippen molar-refractivity contribution >= 4 is 0 Å². The van der Waals surface area contributed by atoms with Gasteiger partial charge in [-0.1, -0.05) is 6.92 Å². The van der Waals surface area contributed by atoms with Gasteiger partial charge in [-0.3, -0.25) is 0 Å². The molecule has 1 unspecified atom stereocenters. The van der Waals surface area contributed by atoms with Gasteiger partial charge >= 0.3 is 6.18 Å². The van der Waals surface area contributed by atoms with Gasteiger partial charge in [0.15, 0.2) is 11.9 Å². The molecule has 1 aliphatic rings. The quantitative estimate of drug-likeness (QED) is 0.620. The summed E-state index contributed by atoms with van der Waals surface area (Å²) < 4.78 is 41.5. The summed E-state index contributed by atoms with van der Waals surface area (Å²) in [6.45, 7) is 2.39. The second-order valence-electron chi connectivity index (χ2n) is 3.31. The molecule has 1 rings (SSSR count). The normalized spacial score (nSPS) is 43.5. The fraction of sp³-hybridized carbons (Fsp3) is 1.00. The molecule has 1 N–H and O–H groups in total. The Labute approximate surface area is 68.3 Å². The van der Waals surface area contributed by atoms with Crippen molar-refractivity contribution < 1.29 is 23.0 Å². The third-order valence-electron chi connectivity index (χ3n) is 2.44. The van der Waals surface area contributed by atoms with Gasteiger partial charge < -0.3 is 9.84 Å². The van der Waals surface area contributed by atoms with Crippen molar-refractivity contribution in [1.82, 2.24) is 0 Å². The molecule has 0 spiro atoms. The Morgan fingerprint density at radius 1 is 1.50 bits per heavy atom. The smallest absolute Gasteiger partial charge is 0.368 e. The van der Waals surface area contributed by atoms with Crippen molar-refractivity contribution in [3.05, 3.63) is 0 Å². The SMILES string of the molecule is C[C@H]1CC(O)O[C@@]1(C)C(F)(F)F. The molecule has 3 atom stereocenters. The molecule has 12 heavy (non-hydrogen) atoms. The highest BCUT2D eigenvalue weighted by Gasteiger charge is 2.60. The lowest BCUT2D eigenvalue weighted by Gasteiger charge is -2.30. The van der Waals surface area contributed by atoms with Crippen LogP contribution in [0.3, 0.4) is 0 Å². The predicted octanol–water partition coefficient (Wildman–Crippen LogP) is 1.68. The van der Waals surface area contributed by atoms with E-state index in [1.54, 1.807) is 0 Å². The molecule has 2 nitrogen and oxygen atoms in total. The van der Waals surface area contributed by atoms with Crippen molar-refractivity contribution in [3.8, 4) is 0 Å². The lowest BCUT2D eigenvalue weighted by Crippen LogP contribution is -2.46. The maximum atomic E-state index is 12.3. The number of hydrogen-bond donors (Lipinski definition) is 1. The Hall–Kier alpha value is -0.290. The zero-order valence-corrected chi connectivity index (χ0v) is 6.85. The van der Waals surface area contributed by atoms with Crippen molar-refractivity contribution in [2.24, 2.45) is 5.92 Å². The first kappa shape index (κ1) is 9.80. The summed E-state index contributed by atoms with van der Waals surface area (Å²) >= 11 is 0. The van der Waals surface area contributed by atoms with E-state index in [2.05, 4.69) is 4.74 Å². The van der Waals surface area contributed by atoms with Gasteiger partial charge in [-0.2, -0.15) is 13.2 Å². The minimum absolute atomic E-state index is 0.0377. The number of alkyl halides is 3. The fourth-order valence-corrected chi connectivity index (χ4v) is 1.32. The third-order valence-corrected chi connectivity index (χ3v) is 2.44. The van der Waals surface area contributed by atoms with Crippen LogP contribution in [-0.2, 0) is 4.74 Å². The van der Waals surface area contributed by atoms with Crippen LogP contribution in [0.1, 0.15) is 20.3 Å².